The Morgan fingerprint density at radius 1 is 1.30 bits per heavy atom. The number of nitrogens with one attached hydrogen (secondary N) is 1. The minimum absolute atomic E-state index is 0.0914. The fraction of sp³-hybridized carbons (Fsp3) is 0.0556. The van der Waals surface area contributed by atoms with Crippen LogP contribution in [-0.4, -0.2) is 33.4 Å². The molecule has 3 aromatic rings. The molecular weight excluding hydrogens is 454 g/mol. The standard InChI is InChI=1S/C18H13BrClN3O3S/c1-26-14-7-2-10(8-13(14)19)9-15(17(24)25)27-18-21-16(22-23-18)11-3-5-12(20)6-4-11/h2-9H,1H3,(H,24,25)(H,21,22,23)/b15-9-. The quantitative estimate of drug-likeness (QED) is 0.387. The van der Waals surface area contributed by atoms with Crippen molar-refractivity contribution < 1.29 is 14.6 Å². The molecule has 0 spiro atoms. The number of aromatic amines is 1. The van der Waals surface area contributed by atoms with Crippen molar-refractivity contribution in [3.05, 3.63) is 62.4 Å². The highest BCUT2D eigenvalue weighted by molar-refractivity contribution is 9.10. The average Bonchev–Trinajstić information content (AvgIpc) is 3.10. The molecule has 0 saturated carbocycles. The van der Waals surface area contributed by atoms with Crippen molar-refractivity contribution in [2.75, 3.05) is 7.11 Å². The van der Waals surface area contributed by atoms with E-state index in [1.165, 1.54) is 0 Å². The Morgan fingerprint density at radius 2 is 2.04 bits per heavy atom. The topological polar surface area (TPSA) is 88.1 Å². The molecular formula is C18H13BrClN3O3S. The molecule has 138 valence electrons. The molecule has 2 N–H and O–H groups in total. The van der Waals surface area contributed by atoms with Crippen LogP contribution in [0.15, 0.2) is 57.0 Å². The van der Waals surface area contributed by atoms with Gasteiger partial charge in [-0.05, 0) is 75.7 Å². The molecule has 3 rings (SSSR count). The Hall–Kier alpha value is -2.29. The van der Waals surface area contributed by atoms with Crippen LogP contribution in [0.5, 0.6) is 5.75 Å². The van der Waals surface area contributed by atoms with Crippen molar-refractivity contribution in [2.24, 2.45) is 0 Å². The van der Waals surface area contributed by atoms with Crippen molar-refractivity contribution in [3.63, 3.8) is 0 Å². The number of carboxylic acid groups (broad SMARTS) is 1. The van der Waals surface area contributed by atoms with Gasteiger partial charge in [0.25, 0.3) is 0 Å². The fourth-order valence-corrected chi connectivity index (χ4v) is 3.58. The first-order valence-electron chi connectivity index (χ1n) is 7.61. The Labute approximate surface area is 172 Å². The Morgan fingerprint density at radius 3 is 2.67 bits per heavy atom. The van der Waals surface area contributed by atoms with Gasteiger partial charge in [-0.25, -0.2) is 9.78 Å². The van der Waals surface area contributed by atoms with E-state index in [0.29, 0.717) is 27.3 Å². The Kier molecular flexibility index (Phi) is 6.20. The lowest BCUT2D eigenvalue weighted by Crippen LogP contribution is -1.97. The van der Waals surface area contributed by atoms with Crippen LogP contribution in [0.25, 0.3) is 17.5 Å². The Balaban J connectivity index is 1.84. The normalized spacial score (nSPS) is 11.4. The molecule has 9 heteroatoms. The molecule has 0 saturated heterocycles. The highest BCUT2D eigenvalue weighted by Crippen LogP contribution is 2.30. The summed E-state index contributed by atoms with van der Waals surface area (Å²) >= 11 is 10.2. The molecule has 0 aliphatic heterocycles. The molecule has 0 fully saturated rings. The number of carboxylic acids is 1. The minimum atomic E-state index is -1.07. The van der Waals surface area contributed by atoms with Gasteiger partial charge in [-0.3, -0.25) is 5.10 Å². The number of carbonyl (C=O) groups is 1. The summed E-state index contributed by atoms with van der Waals surface area (Å²) in [6.45, 7) is 0. The number of nitrogens with zero attached hydrogens (tertiary/aromatic N) is 2. The first-order valence-corrected chi connectivity index (χ1v) is 9.59. The lowest BCUT2D eigenvalue weighted by atomic mass is 10.2. The summed E-state index contributed by atoms with van der Waals surface area (Å²) in [4.78, 5) is 16.1. The van der Waals surface area contributed by atoms with Gasteiger partial charge in [0.1, 0.15) is 10.7 Å². The second kappa shape index (κ2) is 8.60. The molecule has 27 heavy (non-hydrogen) atoms. The van der Waals surface area contributed by atoms with E-state index < -0.39 is 5.97 Å². The number of H-pyrrole nitrogens is 1. The van der Waals surface area contributed by atoms with Gasteiger partial charge < -0.3 is 9.84 Å². The monoisotopic (exact) mass is 465 g/mol. The summed E-state index contributed by atoms with van der Waals surface area (Å²) in [6, 6.07) is 12.4. The summed E-state index contributed by atoms with van der Waals surface area (Å²) in [5.74, 6) is 0.133. The van der Waals surface area contributed by atoms with E-state index in [1.807, 2.05) is 0 Å². The van der Waals surface area contributed by atoms with Crippen LogP contribution < -0.4 is 4.74 Å². The Bertz CT molecular complexity index is 1010. The SMILES string of the molecule is COc1ccc(/C=C(\Sc2n[nH]c(-c3ccc(Cl)cc3)n2)C(=O)O)cc1Br. The third kappa shape index (κ3) is 4.91. The van der Waals surface area contributed by atoms with Crippen molar-refractivity contribution in [2.45, 2.75) is 5.16 Å². The van der Waals surface area contributed by atoms with Gasteiger partial charge >= 0.3 is 5.97 Å². The molecule has 0 amide bonds. The van der Waals surface area contributed by atoms with E-state index in [9.17, 15) is 9.90 Å². The number of hydrogen-bond acceptors (Lipinski definition) is 5. The van der Waals surface area contributed by atoms with Crippen molar-refractivity contribution >= 4 is 51.3 Å². The molecule has 0 unspecified atom stereocenters. The third-order valence-corrected chi connectivity index (χ3v) is 5.22. The largest absolute Gasteiger partial charge is 0.496 e. The summed E-state index contributed by atoms with van der Waals surface area (Å²) in [5, 5.41) is 17.3. The molecule has 0 aliphatic rings. The van der Waals surface area contributed by atoms with Crippen molar-refractivity contribution in [1.82, 2.24) is 15.2 Å². The lowest BCUT2D eigenvalue weighted by Gasteiger charge is -2.04. The number of ether oxygens (including phenoxy) is 1. The molecule has 2 aromatic carbocycles. The van der Waals surface area contributed by atoms with Crippen LogP contribution in [0.3, 0.4) is 0 Å². The van der Waals surface area contributed by atoms with Gasteiger partial charge in [-0.15, -0.1) is 5.10 Å². The van der Waals surface area contributed by atoms with Gasteiger partial charge in [0, 0.05) is 10.6 Å². The van der Waals surface area contributed by atoms with E-state index in [2.05, 4.69) is 31.1 Å². The van der Waals surface area contributed by atoms with Crippen LogP contribution in [0.4, 0.5) is 0 Å². The van der Waals surface area contributed by atoms with Crippen LogP contribution in [0, 0.1) is 0 Å². The zero-order valence-corrected chi connectivity index (χ0v) is 17.1. The van der Waals surface area contributed by atoms with Crippen LogP contribution in [-0.2, 0) is 4.79 Å². The zero-order valence-electron chi connectivity index (χ0n) is 13.9. The van der Waals surface area contributed by atoms with E-state index >= 15 is 0 Å². The number of rotatable bonds is 6. The van der Waals surface area contributed by atoms with Crippen LogP contribution >= 0.6 is 39.3 Å². The smallest absolute Gasteiger partial charge is 0.342 e. The number of aromatic nitrogens is 3. The first kappa shape index (κ1) is 19.5. The number of aliphatic carboxylic acids is 1. The molecule has 1 aromatic heterocycles. The van der Waals surface area contributed by atoms with Crippen LogP contribution in [0.1, 0.15) is 5.56 Å². The summed E-state index contributed by atoms with van der Waals surface area (Å²) < 4.78 is 5.91. The van der Waals surface area contributed by atoms with Crippen LogP contribution in [0.2, 0.25) is 5.02 Å². The second-order valence-electron chi connectivity index (χ2n) is 5.28. The third-order valence-electron chi connectivity index (χ3n) is 3.47. The van der Waals surface area contributed by atoms with E-state index in [-0.39, 0.29) is 4.91 Å². The molecule has 0 bridgehead atoms. The van der Waals surface area contributed by atoms with E-state index in [1.54, 1.807) is 55.7 Å². The van der Waals surface area contributed by atoms with Gasteiger partial charge in [-0.1, -0.05) is 17.7 Å². The highest BCUT2D eigenvalue weighted by atomic mass is 79.9. The fourth-order valence-electron chi connectivity index (χ4n) is 2.19. The maximum atomic E-state index is 11.6. The molecule has 1 heterocycles. The lowest BCUT2D eigenvalue weighted by molar-refractivity contribution is -0.131. The average molecular weight is 467 g/mol. The summed E-state index contributed by atoms with van der Waals surface area (Å²) in [7, 11) is 1.57. The number of halogens is 2. The van der Waals surface area contributed by atoms with Gasteiger partial charge in [0.15, 0.2) is 5.82 Å². The van der Waals surface area contributed by atoms with Gasteiger partial charge in [0.05, 0.1) is 11.6 Å². The highest BCUT2D eigenvalue weighted by Gasteiger charge is 2.15. The first-order chi connectivity index (χ1) is 13.0. The number of benzene rings is 2. The molecule has 0 aliphatic carbocycles. The second-order valence-corrected chi connectivity index (χ2v) is 7.58. The number of hydrogen-bond donors (Lipinski definition) is 2. The zero-order chi connectivity index (χ0) is 19.4. The van der Waals surface area contributed by atoms with Gasteiger partial charge in [0.2, 0.25) is 5.16 Å². The van der Waals surface area contributed by atoms with Crippen molar-refractivity contribution in [1.29, 1.82) is 0 Å². The molecule has 0 atom stereocenters. The predicted octanol–water partition coefficient (Wildman–Crippen LogP) is 5.11. The van der Waals surface area contributed by atoms with Crippen molar-refractivity contribution in [3.8, 4) is 17.1 Å². The maximum absolute atomic E-state index is 11.6. The molecule has 6 nitrogen and oxygen atoms in total. The minimum Gasteiger partial charge on any atom is -0.496 e. The summed E-state index contributed by atoms with van der Waals surface area (Å²) in [6.07, 6.45) is 1.55. The van der Waals surface area contributed by atoms with E-state index in [0.717, 1.165) is 21.8 Å². The van der Waals surface area contributed by atoms with E-state index in [4.69, 9.17) is 16.3 Å². The number of thioether (sulfide) groups is 1. The maximum Gasteiger partial charge on any atom is 0.342 e. The predicted molar refractivity (Wildman–Crippen MR) is 109 cm³/mol. The number of methoxy groups -OCH3 is 1. The summed E-state index contributed by atoms with van der Waals surface area (Å²) in [5.41, 5.74) is 1.51. The molecule has 0 radical (unpaired) electrons. The van der Waals surface area contributed by atoms with Gasteiger partial charge in [-0.2, -0.15) is 0 Å².